The maximum Gasteiger partial charge on any atom is 0.243 e. The monoisotopic (exact) mass is 418 g/mol. The minimum atomic E-state index is -3.45. The molecule has 1 aromatic carbocycles. The van der Waals surface area contributed by atoms with Crippen molar-refractivity contribution in [3.05, 3.63) is 41.5 Å². The molecule has 7 nitrogen and oxygen atoms in total. The van der Waals surface area contributed by atoms with Gasteiger partial charge in [0, 0.05) is 32.6 Å². The Morgan fingerprint density at radius 1 is 1.03 bits per heavy atom. The molecule has 0 radical (unpaired) electrons. The molecular formula is C21H30N4O3S. The second kappa shape index (κ2) is 8.93. The lowest BCUT2D eigenvalue weighted by molar-refractivity contribution is 0.163. The highest BCUT2D eigenvalue weighted by molar-refractivity contribution is 7.89. The van der Waals surface area contributed by atoms with Gasteiger partial charge in [-0.1, -0.05) is 43.5 Å². The lowest BCUT2D eigenvalue weighted by atomic mass is 9.84. The number of aromatic nitrogens is 2. The summed E-state index contributed by atoms with van der Waals surface area (Å²) in [6, 6.07) is 7.60. The Bertz CT molecular complexity index is 896. The van der Waals surface area contributed by atoms with Gasteiger partial charge < -0.3 is 4.52 Å². The van der Waals surface area contributed by atoms with E-state index in [2.05, 4.69) is 15.0 Å². The predicted molar refractivity (Wildman–Crippen MR) is 110 cm³/mol. The van der Waals surface area contributed by atoms with Crippen molar-refractivity contribution in [2.45, 2.75) is 62.8 Å². The predicted octanol–water partition coefficient (Wildman–Crippen LogP) is 3.19. The lowest BCUT2D eigenvalue weighted by Crippen LogP contribution is -2.48. The number of sulfonamides is 1. The Hall–Kier alpha value is -1.77. The molecule has 0 amide bonds. The quantitative estimate of drug-likeness (QED) is 0.717. The van der Waals surface area contributed by atoms with Gasteiger partial charge in [0.15, 0.2) is 5.82 Å². The average molecular weight is 419 g/mol. The Morgan fingerprint density at radius 2 is 1.72 bits per heavy atom. The molecule has 1 saturated heterocycles. The van der Waals surface area contributed by atoms with E-state index in [-0.39, 0.29) is 0 Å². The molecule has 1 saturated carbocycles. The molecular weight excluding hydrogens is 388 g/mol. The molecule has 2 aliphatic rings. The van der Waals surface area contributed by atoms with Gasteiger partial charge in [-0.05, 0) is 36.5 Å². The second-order valence-electron chi connectivity index (χ2n) is 8.04. The van der Waals surface area contributed by atoms with Crippen LogP contribution in [0.15, 0.2) is 33.7 Å². The van der Waals surface area contributed by atoms with Crippen molar-refractivity contribution in [3.8, 4) is 0 Å². The number of hydrogen-bond acceptors (Lipinski definition) is 6. The SMILES string of the molecule is CCc1noc(CN2CCN(S(=O)(=O)c3ccc(C4CCCCC4)cc3)CC2)n1. The summed E-state index contributed by atoms with van der Waals surface area (Å²) in [5, 5.41) is 3.92. The van der Waals surface area contributed by atoms with Crippen LogP contribution >= 0.6 is 0 Å². The van der Waals surface area contributed by atoms with Gasteiger partial charge in [0.25, 0.3) is 0 Å². The van der Waals surface area contributed by atoms with Crippen LogP contribution in [-0.2, 0) is 23.0 Å². The highest BCUT2D eigenvalue weighted by Crippen LogP contribution is 2.33. The minimum Gasteiger partial charge on any atom is -0.338 e. The van der Waals surface area contributed by atoms with Gasteiger partial charge in [-0.25, -0.2) is 8.42 Å². The van der Waals surface area contributed by atoms with E-state index in [1.165, 1.54) is 37.7 Å². The molecule has 29 heavy (non-hydrogen) atoms. The van der Waals surface area contributed by atoms with Gasteiger partial charge in [-0.15, -0.1) is 0 Å². The van der Waals surface area contributed by atoms with Crippen molar-refractivity contribution in [2.24, 2.45) is 0 Å². The first-order chi connectivity index (χ1) is 14.1. The molecule has 0 bridgehead atoms. The first kappa shape index (κ1) is 20.5. The Labute approximate surface area is 173 Å². The van der Waals surface area contributed by atoms with Gasteiger partial charge in [0.1, 0.15) is 0 Å². The molecule has 0 spiro atoms. The smallest absolute Gasteiger partial charge is 0.243 e. The molecule has 0 atom stereocenters. The van der Waals surface area contributed by atoms with Gasteiger partial charge in [0.05, 0.1) is 11.4 Å². The van der Waals surface area contributed by atoms with Crippen LogP contribution < -0.4 is 0 Å². The van der Waals surface area contributed by atoms with E-state index in [1.54, 1.807) is 16.4 Å². The number of aryl methyl sites for hydroxylation is 1. The number of hydrogen-bond donors (Lipinski definition) is 0. The summed E-state index contributed by atoms with van der Waals surface area (Å²) < 4.78 is 32.9. The molecule has 1 aliphatic carbocycles. The third kappa shape index (κ3) is 4.70. The Morgan fingerprint density at radius 3 is 2.34 bits per heavy atom. The van der Waals surface area contributed by atoms with Crippen molar-refractivity contribution < 1.29 is 12.9 Å². The van der Waals surface area contributed by atoms with Gasteiger partial charge in [-0.2, -0.15) is 9.29 Å². The highest BCUT2D eigenvalue weighted by Gasteiger charge is 2.29. The van der Waals surface area contributed by atoms with Crippen LogP contribution in [-0.4, -0.2) is 53.9 Å². The third-order valence-electron chi connectivity index (χ3n) is 6.11. The minimum absolute atomic E-state index is 0.398. The Balaban J connectivity index is 1.35. The molecule has 1 aliphatic heterocycles. The zero-order valence-corrected chi connectivity index (χ0v) is 17.9. The standard InChI is InChI=1S/C21H30N4O3S/c1-2-20-22-21(28-23-20)16-24-12-14-25(15-13-24)29(26,27)19-10-8-18(9-11-19)17-6-4-3-5-7-17/h8-11,17H,2-7,12-16H2,1H3. The topological polar surface area (TPSA) is 79.5 Å². The first-order valence-electron chi connectivity index (χ1n) is 10.7. The van der Waals surface area contributed by atoms with Gasteiger partial charge in [-0.3, -0.25) is 4.90 Å². The van der Waals surface area contributed by atoms with Crippen LogP contribution in [0.25, 0.3) is 0 Å². The van der Waals surface area contributed by atoms with Crippen LogP contribution in [0, 0.1) is 0 Å². The number of nitrogens with zero attached hydrogens (tertiary/aromatic N) is 4. The summed E-state index contributed by atoms with van der Waals surface area (Å²) in [7, 11) is -3.45. The molecule has 2 heterocycles. The van der Waals surface area contributed by atoms with E-state index in [4.69, 9.17) is 4.52 Å². The lowest BCUT2D eigenvalue weighted by Gasteiger charge is -2.33. The summed E-state index contributed by atoms with van der Waals surface area (Å²) in [5.74, 6) is 1.89. The van der Waals surface area contributed by atoms with Crippen LogP contribution in [0.1, 0.15) is 62.2 Å². The fourth-order valence-electron chi connectivity index (χ4n) is 4.31. The zero-order valence-electron chi connectivity index (χ0n) is 17.1. The largest absolute Gasteiger partial charge is 0.338 e. The summed E-state index contributed by atoms with van der Waals surface area (Å²) in [4.78, 5) is 6.89. The van der Waals surface area contributed by atoms with Crippen molar-refractivity contribution in [1.82, 2.24) is 19.3 Å². The van der Waals surface area contributed by atoms with Crippen molar-refractivity contribution >= 4 is 10.0 Å². The van der Waals surface area contributed by atoms with E-state index in [9.17, 15) is 8.42 Å². The van der Waals surface area contributed by atoms with Crippen LogP contribution in [0.2, 0.25) is 0 Å². The molecule has 0 N–H and O–H groups in total. The summed E-state index contributed by atoms with van der Waals surface area (Å²) in [6.07, 6.45) is 7.05. The average Bonchev–Trinajstić information content (AvgIpc) is 3.22. The van der Waals surface area contributed by atoms with E-state index < -0.39 is 10.0 Å². The van der Waals surface area contributed by atoms with Gasteiger partial charge >= 0.3 is 0 Å². The van der Waals surface area contributed by atoms with Crippen molar-refractivity contribution in [1.29, 1.82) is 0 Å². The summed E-state index contributed by atoms with van der Waals surface area (Å²) >= 11 is 0. The summed E-state index contributed by atoms with van der Waals surface area (Å²) in [6.45, 7) is 4.81. The van der Waals surface area contributed by atoms with Crippen LogP contribution in [0.5, 0.6) is 0 Å². The fraction of sp³-hybridized carbons (Fsp3) is 0.619. The molecule has 158 valence electrons. The maximum absolute atomic E-state index is 13.0. The van der Waals surface area contributed by atoms with Crippen molar-refractivity contribution in [3.63, 3.8) is 0 Å². The van der Waals surface area contributed by atoms with E-state index in [1.807, 2.05) is 19.1 Å². The fourth-order valence-corrected chi connectivity index (χ4v) is 5.74. The maximum atomic E-state index is 13.0. The molecule has 0 unspecified atom stereocenters. The number of piperazine rings is 1. The molecule has 1 aromatic heterocycles. The second-order valence-corrected chi connectivity index (χ2v) is 9.98. The normalized spacial score (nSPS) is 20.2. The van der Waals surface area contributed by atoms with Crippen molar-refractivity contribution in [2.75, 3.05) is 26.2 Å². The van der Waals surface area contributed by atoms with E-state index in [0.717, 1.165) is 6.42 Å². The number of rotatable bonds is 6. The molecule has 2 aromatic rings. The zero-order chi connectivity index (χ0) is 20.3. The molecule has 8 heteroatoms. The molecule has 4 rings (SSSR count). The Kier molecular flexibility index (Phi) is 6.32. The number of benzene rings is 1. The summed E-state index contributed by atoms with van der Waals surface area (Å²) in [5.41, 5.74) is 1.28. The highest BCUT2D eigenvalue weighted by atomic mass is 32.2. The van der Waals surface area contributed by atoms with E-state index >= 15 is 0 Å². The molecule has 2 fully saturated rings. The third-order valence-corrected chi connectivity index (χ3v) is 8.02. The van der Waals surface area contributed by atoms with Crippen LogP contribution in [0.3, 0.4) is 0 Å². The van der Waals surface area contributed by atoms with E-state index in [0.29, 0.717) is 55.3 Å². The van der Waals surface area contributed by atoms with Crippen LogP contribution in [0.4, 0.5) is 0 Å². The van der Waals surface area contributed by atoms with Gasteiger partial charge in [0.2, 0.25) is 15.9 Å². The first-order valence-corrected chi connectivity index (χ1v) is 12.1.